The van der Waals surface area contributed by atoms with Crippen molar-refractivity contribution in [3.63, 3.8) is 0 Å². The summed E-state index contributed by atoms with van der Waals surface area (Å²) in [5.41, 5.74) is 8.42. The van der Waals surface area contributed by atoms with Crippen molar-refractivity contribution in [3.05, 3.63) is 52.8 Å². The lowest BCUT2D eigenvalue weighted by Crippen LogP contribution is -2.53. The quantitative estimate of drug-likeness (QED) is 0.521. The molecule has 4 heterocycles. The largest absolute Gasteiger partial charge is 0.394 e. The average molecular weight is 505 g/mol. The number of aromatic nitrogens is 2. The molecule has 1 atom stereocenters. The summed E-state index contributed by atoms with van der Waals surface area (Å²) in [5, 5.41) is 10.9. The zero-order valence-electron chi connectivity index (χ0n) is 22.6. The summed E-state index contributed by atoms with van der Waals surface area (Å²) in [6.07, 6.45) is 2.09. The lowest BCUT2D eigenvalue weighted by atomic mass is 9.87. The van der Waals surface area contributed by atoms with Gasteiger partial charge in [0.15, 0.2) is 0 Å². The maximum Gasteiger partial charge on any atom is 0.237 e. The number of aliphatic hydroxyl groups excluding tert-OH is 1. The van der Waals surface area contributed by atoms with Crippen LogP contribution in [0.1, 0.15) is 61.0 Å². The molecule has 0 aliphatic carbocycles. The minimum absolute atomic E-state index is 0.0457. The van der Waals surface area contributed by atoms with E-state index in [4.69, 9.17) is 4.74 Å². The summed E-state index contributed by atoms with van der Waals surface area (Å²) >= 11 is 0. The van der Waals surface area contributed by atoms with E-state index in [-0.39, 0.29) is 18.6 Å². The summed E-state index contributed by atoms with van der Waals surface area (Å²) < 4.78 is 5.42. The van der Waals surface area contributed by atoms with Gasteiger partial charge in [-0.15, -0.1) is 0 Å². The maximum atomic E-state index is 12.9. The van der Waals surface area contributed by atoms with E-state index in [9.17, 15) is 9.90 Å². The first-order valence-electron chi connectivity index (χ1n) is 13.7. The Balaban J connectivity index is 1.31. The topological polar surface area (TPSA) is 81.7 Å². The molecule has 2 N–H and O–H groups in total. The number of hydrogen-bond donors (Lipinski definition) is 2. The summed E-state index contributed by atoms with van der Waals surface area (Å²) in [6, 6.07) is 11.0. The van der Waals surface area contributed by atoms with E-state index >= 15 is 0 Å². The first kappa shape index (κ1) is 25.9. The highest BCUT2D eigenvalue weighted by Crippen LogP contribution is 2.38. The normalized spacial score (nSPS) is 19.7. The van der Waals surface area contributed by atoms with Gasteiger partial charge in [0.25, 0.3) is 0 Å². The number of aromatic amines is 1. The Morgan fingerprint density at radius 3 is 2.54 bits per heavy atom. The minimum atomic E-state index is -0.216. The fourth-order valence-corrected chi connectivity index (χ4v) is 6.13. The van der Waals surface area contributed by atoms with Gasteiger partial charge in [0.1, 0.15) is 0 Å². The van der Waals surface area contributed by atoms with E-state index in [1.54, 1.807) is 4.90 Å². The Hall–Kier alpha value is -2.74. The van der Waals surface area contributed by atoms with E-state index in [1.165, 1.54) is 33.3 Å². The number of hydrogen-bond acceptors (Lipinski definition) is 5. The number of likely N-dealkylation sites (tertiary alicyclic amines) is 1. The third-order valence-corrected chi connectivity index (χ3v) is 7.99. The van der Waals surface area contributed by atoms with Crippen molar-refractivity contribution >= 4 is 16.8 Å². The van der Waals surface area contributed by atoms with Gasteiger partial charge < -0.3 is 19.7 Å². The van der Waals surface area contributed by atoms with Gasteiger partial charge >= 0.3 is 0 Å². The van der Waals surface area contributed by atoms with E-state index in [0.29, 0.717) is 38.1 Å². The highest BCUT2D eigenvalue weighted by Gasteiger charge is 2.29. The Morgan fingerprint density at radius 1 is 1.14 bits per heavy atom. The van der Waals surface area contributed by atoms with Crippen molar-refractivity contribution in [2.24, 2.45) is 0 Å². The number of carbonyl (C=O) groups is 1. The number of nitrogens with one attached hydrogen (secondary N) is 1. The van der Waals surface area contributed by atoms with Gasteiger partial charge in [0, 0.05) is 34.4 Å². The molecule has 5 rings (SSSR count). The summed E-state index contributed by atoms with van der Waals surface area (Å²) in [7, 11) is 0. The van der Waals surface area contributed by atoms with Crippen LogP contribution in [-0.4, -0.2) is 82.8 Å². The number of carbonyl (C=O) groups excluding carboxylic acids is 1. The summed E-state index contributed by atoms with van der Waals surface area (Å²) in [5.74, 6) is 0.988. The number of aliphatic hydroxyl groups is 1. The van der Waals surface area contributed by atoms with Gasteiger partial charge in [-0.25, -0.2) is 0 Å². The molecule has 0 bridgehead atoms. The molecule has 0 saturated carbocycles. The smallest absolute Gasteiger partial charge is 0.237 e. The zero-order chi connectivity index (χ0) is 26.1. The molecular weight excluding hydrogens is 464 g/mol. The van der Waals surface area contributed by atoms with Crippen molar-refractivity contribution in [2.75, 3.05) is 46.0 Å². The number of pyridine rings is 1. The predicted octanol–water partition coefficient (Wildman–Crippen LogP) is 4.37. The molecule has 2 aliphatic heterocycles. The van der Waals surface area contributed by atoms with Crippen molar-refractivity contribution in [1.82, 2.24) is 19.8 Å². The van der Waals surface area contributed by atoms with Crippen LogP contribution >= 0.6 is 0 Å². The Morgan fingerprint density at radius 2 is 1.86 bits per heavy atom. The fraction of sp³-hybridized carbons (Fsp3) is 0.533. The van der Waals surface area contributed by atoms with E-state index in [1.807, 2.05) is 0 Å². The molecule has 37 heavy (non-hydrogen) atoms. The molecule has 1 unspecified atom stereocenters. The van der Waals surface area contributed by atoms with Crippen molar-refractivity contribution in [3.8, 4) is 11.3 Å². The standard InChI is InChI=1S/C30H40N4O3/c1-19(2)29-26-15-23(5-6-27(26)32-30(29)24-13-20(3)31-21(4)14-24)22-7-9-33(10-8-22)16-28(36)34-11-12-37-18-25(34)17-35/h5-6,13-15,19,22,25,32,35H,7-12,16-18H2,1-4H3. The fourth-order valence-electron chi connectivity index (χ4n) is 6.13. The molecule has 0 spiro atoms. The second kappa shape index (κ2) is 10.9. The van der Waals surface area contributed by atoms with Crippen LogP contribution in [0.2, 0.25) is 0 Å². The molecule has 2 saturated heterocycles. The van der Waals surface area contributed by atoms with Gasteiger partial charge in [-0.3, -0.25) is 14.7 Å². The molecule has 1 aromatic carbocycles. The van der Waals surface area contributed by atoms with Gasteiger partial charge in [0.2, 0.25) is 5.91 Å². The highest BCUT2D eigenvalue weighted by atomic mass is 16.5. The third-order valence-electron chi connectivity index (χ3n) is 7.99. The molecule has 2 fully saturated rings. The number of aryl methyl sites for hydroxylation is 2. The van der Waals surface area contributed by atoms with Crippen molar-refractivity contribution < 1.29 is 14.6 Å². The molecule has 2 aliphatic rings. The highest BCUT2D eigenvalue weighted by molar-refractivity contribution is 5.92. The van der Waals surface area contributed by atoms with Crippen LogP contribution < -0.4 is 0 Å². The van der Waals surface area contributed by atoms with Crippen LogP contribution in [0.5, 0.6) is 0 Å². The molecule has 7 heteroatoms. The SMILES string of the molecule is Cc1cc(-c2[nH]c3ccc(C4CCN(CC(=O)N5CCOCC5CO)CC4)cc3c2C(C)C)cc(C)n1. The number of benzene rings is 1. The van der Waals surface area contributed by atoms with E-state index in [2.05, 4.69) is 72.9 Å². The number of rotatable bonds is 6. The first-order chi connectivity index (χ1) is 17.8. The monoisotopic (exact) mass is 504 g/mol. The number of amides is 1. The molecule has 2 aromatic heterocycles. The molecule has 1 amide bonds. The molecule has 7 nitrogen and oxygen atoms in total. The van der Waals surface area contributed by atoms with Gasteiger partial charge in [-0.2, -0.15) is 0 Å². The Labute approximate surface area is 219 Å². The summed E-state index contributed by atoms with van der Waals surface area (Å²) in [6.45, 7) is 12.4. The molecule has 0 radical (unpaired) electrons. The zero-order valence-corrected chi connectivity index (χ0v) is 22.6. The number of ether oxygens (including phenoxy) is 1. The first-order valence-corrected chi connectivity index (χ1v) is 13.7. The predicted molar refractivity (Wildman–Crippen MR) is 147 cm³/mol. The van der Waals surface area contributed by atoms with Gasteiger partial charge in [-0.05, 0) is 87.0 Å². The molecule has 198 valence electrons. The van der Waals surface area contributed by atoms with Crippen LogP contribution in [0.15, 0.2) is 30.3 Å². The number of piperidine rings is 1. The lowest BCUT2D eigenvalue weighted by molar-refractivity contribution is -0.143. The van der Waals surface area contributed by atoms with Crippen molar-refractivity contribution in [2.45, 2.75) is 58.4 Å². The second-order valence-corrected chi connectivity index (χ2v) is 11.1. The third kappa shape index (κ3) is 5.44. The van der Waals surface area contributed by atoms with Crippen LogP contribution in [0.3, 0.4) is 0 Å². The van der Waals surface area contributed by atoms with Crippen LogP contribution in [0.4, 0.5) is 0 Å². The molecule has 3 aromatic rings. The molecular formula is C30H40N4O3. The number of H-pyrrole nitrogens is 1. The van der Waals surface area contributed by atoms with E-state index < -0.39 is 0 Å². The summed E-state index contributed by atoms with van der Waals surface area (Å²) in [4.78, 5) is 25.2. The maximum absolute atomic E-state index is 12.9. The van der Waals surface area contributed by atoms with Gasteiger partial charge in [0.05, 0.1) is 38.1 Å². The number of nitrogens with zero attached hydrogens (tertiary/aromatic N) is 3. The number of fused-ring (bicyclic) bond motifs is 1. The second-order valence-electron chi connectivity index (χ2n) is 11.1. The Bertz CT molecular complexity index is 1240. The van der Waals surface area contributed by atoms with Gasteiger partial charge in [-0.1, -0.05) is 19.9 Å². The van der Waals surface area contributed by atoms with Crippen LogP contribution in [-0.2, 0) is 9.53 Å². The lowest BCUT2D eigenvalue weighted by Gasteiger charge is -2.37. The van der Waals surface area contributed by atoms with Crippen molar-refractivity contribution in [1.29, 1.82) is 0 Å². The Kier molecular flexibility index (Phi) is 7.65. The van der Waals surface area contributed by atoms with Crippen LogP contribution in [0.25, 0.3) is 22.2 Å². The van der Waals surface area contributed by atoms with Crippen LogP contribution in [0, 0.1) is 13.8 Å². The average Bonchev–Trinajstić information content (AvgIpc) is 3.28. The van der Waals surface area contributed by atoms with E-state index in [0.717, 1.165) is 37.3 Å². The number of morpholine rings is 1. The minimum Gasteiger partial charge on any atom is -0.394 e.